The Balaban J connectivity index is 4.02. The van der Waals surface area contributed by atoms with E-state index in [4.69, 9.17) is 4.74 Å². The number of hydrogen-bond acceptors (Lipinski definition) is 1. The Morgan fingerprint density at radius 3 is 2.00 bits per heavy atom. The van der Waals surface area contributed by atoms with E-state index in [9.17, 15) is 0 Å². The van der Waals surface area contributed by atoms with E-state index < -0.39 is 0 Å². The van der Waals surface area contributed by atoms with Crippen LogP contribution in [0.5, 0.6) is 0 Å². The fraction of sp³-hybridized carbons (Fsp3) is 1.00. The summed E-state index contributed by atoms with van der Waals surface area (Å²) in [5.41, 5.74) is 0.0305. The predicted octanol–water partition coefficient (Wildman–Crippen LogP) is 3.87. The Kier molecular flexibility index (Phi) is 5.62. The highest BCUT2D eigenvalue weighted by Crippen LogP contribution is 2.32. The van der Waals surface area contributed by atoms with Crippen molar-refractivity contribution in [1.29, 1.82) is 0 Å². The van der Waals surface area contributed by atoms with Gasteiger partial charge in [-0.25, -0.2) is 0 Å². The SMILES string of the molecule is CCC(C)(C)OCC(C)C(C)(P)CC. The first-order chi connectivity index (χ1) is 6.25. The smallest absolute Gasteiger partial charge is 0.0624 e. The third-order valence-electron chi connectivity index (χ3n) is 3.46. The van der Waals surface area contributed by atoms with Gasteiger partial charge in [-0.3, -0.25) is 0 Å². The third kappa shape index (κ3) is 4.75. The van der Waals surface area contributed by atoms with Crippen LogP contribution in [0.3, 0.4) is 0 Å². The maximum atomic E-state index is 5.92. The van der Waals surface area contributed by atoms with E-state index >= 15 is 0 Å². The first-order valence-corrected chi connectivity index (χ1v) is 6.25. The Bertz CT molecular complexity index is 164. The topological polar surface area (TPSA) is 9.23 Å². The van der Waals surface area contributed by atoms with E-state index in [1.165, 1.54) is 6.42 Å². The highest BCUT2D eigenvalue weighted by Gasteiger charge is 2.26. The van der Waals surface area contributed by atoms with Crippen molar-refractivity contribution >= 4 is 9.24 Å². The molecule has 0 bridgehead atoms. The molecule has 0 aliphatic carbocycles. The minimum atomic E-state index is 0.0305. The maximum Gasteiger partial charge on any atom is 0.0624 e. The molecule has 0 spiro atoms. The summed E-state index contributed by atoms with van der Waals surface area (Å²) in [5.74, 6) is 0.586. The van der Waals surface area contributed by atoms with Crippen LogP contribution < -0.4 is 0 Å². The van der Waals surface area contributed by atoms with Crippen molar-refractivity contribution in [3.63, 3.8) is 0 Å². The molecule has 0 aliphatic rings. The van der Waals surface area contributed by atoms with Gasteiger partial charge in [-0.05, 0) is 37.8 Å². The summed E-state index contributed by atoms with van der Waals surface area (Å²) in [6, 6.07) is 0. The summed E-state index contributed by atoms with van der Waals surface area (Å²) in [5, 5.41) is 0.309. The molecule has 0 fully saturated rings. The van der Waals surface area contributed by atoms with Crippen molar-refractivity contribution < 1.29 is 4.74 Å². The Morgan fingerprint density at radius 2 is 1.64 bits per heavy atom. The summed E-state index contributed by atoms with van der Waals surface area (Å²) >= 11 is 0. The largest absolute Gasteiger partial charge is 0.375 e. The predicted molar refractivity (Wildman–Crippen MR) is 67.9 cm³/mol. The zero-order chi connectivity index (χ0) is 11.4. The summed E-state index contributed by atoms with van der Waals surface area (Å²) in [4.78, 5) is 0. The standard InChI is InChI=1S/C12H27OP/c1-7-11(4,5)13-9-10(3)12(6,14)8-2/h10H,7-9,14H2,1-6H3. The van der Waals surface area contributed by atoms with Crippen molar-refractivity contribution in [1.82, 2.24) is 0 Å². The molecule has 0 heterocycles. The van der Waals surface area contributed by atoms with Gasteiger partial charge in [0.25, 0.3) is 0 Å². The molecule has 0 aromatic rings. The molecule has 86 valence electrons. The van der Waals surface area contributed by atoms with E-state index in [-0.39, 0.29) is 5.60 Å². The van der Waals surface area contributed by atoms with Crippen LogP contribution in [0.15, 0.2) is 0 Å². The molecule has 0 saturated carbocycles. The van der Waals surface area contributed by atoms with Crippen LogP contribution in [-0.2, 0) is 4.74 Å². The first-order valence-electron chi connectivity index (χ1n) is 5.68. The fourth-order valence-corrected chi connectivity index (χ4v) is 1.09. The highest BCUT2D eigenvalue weighted by molar-refractivity contribution is 7.18. The third-order valence-corrected chi connectivity index (χ3v) is 4.44. The van der Waals surface area contributed by atoms with Gasteiger partial charge in [-0.2, -0.15) is 0 Å². The molecule has 3 atom stereocenters. The zero-order valence-electron chi connectivity index (χ0n) is 10.7. The summed E-state index contributed by atoms with van der Waals surface area (Å²) in [7, 11) is 2.96. The minimum Gasteiger partial charge on any atom is -0.375 e. The van der Waals surface area contributed by atoms with Gasteiger partial charge < -0.3 is 4.74 Å². The van der Waals surface area contributed by atoms with Crippen LogP contribution in [0.4, 0.5) is 0 Å². The second-order valence-electron chi connectivity index (χ2n) is 5.18. The lowest BCUT2D eigenvalue weighted by molar-refractivity contribution is -0.0398. The maximum absolute atomic E-state index is 5.92. The van der Waals surface area contributed by atoms with Crippen molar-refractivity contribution in [2.24, 2.45) is 5.92 Å². The normalized spacial score (nSPS) is 19.1. The molecule has 0 aromatic carbocycles. The van der Waals surface area contributed by atoms with Crippen LogP contribution in [0.25, 0.3) is 0 Å². The van der Waals surface area contributed by atoms with E-state index in [0.717, 1.165) is 13.0 Å². The average molecular weight is 218 g/mol. The summed E-state index contributed by atoms with van der Waals surface area (Å²) in [6.07, 6.45) is 2.24. The summed E-state index contributed by atoms with van der Waals surface area (Å²) < 4.78 is 5.92. The molecule has 0 radical (unpaired) electrons. The molecule has 1 nitrogen and oxygen atoms in total. The number of rotatable bonds is 6. The van der Waals surface area contributed by atoms with Crippen molar-refractivity contribution in [3.8, 4) is 0 Å². The second-order valence-corrected chi connectivity index (χ2v) is 6.50. The Labute approximate surface area is 92.2 Å². The van der Waals surface area contributed by atoms with Gasteiger partial charge >= 0.3 is 0 Å². The van der Waals surface area contributed by atoms with Crippen molar-refractivity contribution in [2.75, 3.05) is 6.61 Å². The Hall–Kier alpha value is 0.390. The van der Waals surface area contributed by atoms with Gasteiger partial charge in [-0.15, -0.1) is 9.24 Å². The number of ether oxygens (including phenoxy) is 1. The van der Waals surface area contributed by atoms with Crippen LogP contribution in [0.1, 0.15) is 54.4 Å². The van der Waals surface area contributed by atoms with Crippen LogP contribution >= 0.6 is 9.24 Å². The monoisotopic (exact) mass is 218 g/mol. The van der Waals surface area contributed by atoms with Gasteiger partial charge in [0.05, 0.1) is 12.2 Å². The Morgan fingerprint density at radius 1 is 1.14 bits per heavy atom. The van der Waals surface area contributed by atoms with E-state index in [2.05, 4.69) is 50.8 Å². The lowest BCUT2D eigenvalue weighted by Crippen LogP contribution is -2.33. The molecular weight excluding hydrogens is 191 g/mol. The van der Waals surface area contributed by atoms with Crippen molar-refractivity contribution in [2.45, 2.75) is 65.1 Å². The van der Waals surface area contributed by atoms with Gasteiger partial charge in [-0.1, -0.05) is 27.7 Å². The molecule has 0 rings (SSSR count). The van der Waals surface area contributed by atoms with E-state index in [0.29, 0.717) is 11.1 Å². The quantitative estimate of drug-likeness (QED) is 0.615. The molecule has 0 aromatic heterocycles. The molecule has 2 heteroatoms. The van der Waals surface area contributed by atoms with Crippen LogP contribution in [0.2, 0.25) is 0 Å². The van der Waals surface area contributed by atoms with Crippen molar-refractivity contribution in [3.05, 3.63) is 0 Å². The first kappa shape index (κ1) is 14.4. The molecule has 0 aliphatic heterocycles. The van der Waals surface area contributed by atoms with Gasteiger partial charge in [0.1, 0.15) is 0 Å². The zero-order valence-corrected chi connectivity index (χ0v) is 11.8. The van der Waals surface area contributed by atoms with E-state index in [1.54, 1.807) is 0 Å². The molecular formula is C12H27OP. The van der Waals surface area contributed by atoms with Gasteiger partial charge in [0, 0.05) is 0 Å². The average Bonchev–Trinajstić information content (AvgIpc) is 2.14. The fourth-order valence-electron chi connectivity index (χ4n) is 0.991. The van der Waals surface area contributed by atoms with Crippen LogP contribution in [0, 0.1) is 5.92 Å². The van der Waals surface area contributed by atoms with Gasteiger partial charge in [0.2, 0.25) is 0 Å². The summed E-state index contributed by atoms with van der Waals surface area (Å²) in [6.45, 7) is 14.1. The van der Waals surface area contributed by atoms with Gasteiger partial charge in [0.15, 0.2) is 0 Å². The molecule has 0 amide bonds. The number of hydrogen-bond donors (Lipinski definition) is 0. The lowest BCUT2D eigenvalue weighted by Gasteiger charge is -2.33. The van der Waals surface area contributed by atoms with Crippen LogP contribution in [-0.4, -0.2) is 17.4 Å². The van der Waals surface area contributed by atoms with E-state index in [1.807, 2.05) is 0 Å². The molecule has 0 saturated heterocycles. The lowest BCUT2D eigenvalue weighted by atomic mass is 9.93. The second kappa shape index (κ2) is 5.47. The molecule has 0 N–H and O–H groups in total. The minimum absolute atomic E-state index is 0.0305. The molecule has 14 heavy (non-hydrogen) atoms. The molecule has 3 unspecified atom stereocenters. The highest BCUT2D eigenvalue weighted by atomic mass is 31.0.